The van der Waals surface area contributed by atoms with E-state index in [1.165, 1.54) is 24.3 Å². The molecule has 1 N–H and O–H groups in total. The van der Waals surface area contributed by atoms with Gasteiger partial charge < -0.3 is 5.32 Å². The van der Waals surface area contributed by atoms with Gasteiger partial charge in [0.15, 0.2) is 0 Å². The SMILES string of the molecule is Cc1ccc([C@H](NC(=O)c2ccc([N+](=O)[O-])cc2)c2ccccc2)cc1. The quantitative estimate of drug-likeness (QED) is 0.549. The molecule has 26 heavy (non-hydrogen) atoms. The third-order valence-electron chi connectivity index (χ3n) is 4.16. The Labute approximate surface area is 151 Å². The molecule has 0 unspecified atom stereocenters. The predicted octanol–water partition coefficient (Wildman–Crippen LogP) is 4.42. The number of aryl methyl sites for hydroxylation is 1. The first-order valence-electron chi connectivity index (χ1n) is 8.21. The zero-order valence-corrected chi connectivity index (χ0v) is 14.3. The van der Waals surface area contributed by atoms with Crippen molar-refractivity contribution in [3.63, 3.8) is 0 Å². The number of rotatable bonds is 5. The van der Waals surface area contributed by atoms with Gasteiger partial charge in [0.2, 0.25) is 0 Å². The fourth-order valence-electron chi connectivity index (χ4n) is 2.71. The normalized spacial score (nSPS) is 11.6. The highest BCUT2D eigenvalue weighted by Crippen LogP contribution is 2.23. The molecule has 1 amide bonds. The summed E-state index contributed by atoms with van der Waals surface area (Å²) < 4.78 is 0. The van der Waals surface area contributed by atoms with Crippen LogP contribution in [0.5, 0.6) is 0 Å². The smallest absolute Gasteiger partial charge is 0.269 e. The summed E-state index contributed by atoms with van der Waals surface area (Å²) in [6.45, 7) is 2.01. The summed E-state index contributed by atoms with van der Waals surface area (Å²) in [7, 11) is 0. The van der Waals surface area contributed by atoms with E-state index in [0.29, 0.717) is 5.56 Å². The number of hydrogen-bond acceptors (Lipinski definition) is 3. The van der Waals surface area contributed by atoms with Crippen LogP contribution in [0.1, 0.15) is 33.1 Å². The van der Waals surface area contributed by atoms with E-state index in [9.17, 15) is 14.9 Å². The molecule has 0 fully saturated rings. The second-order valence-corrected chi connectivity index (χ2v) is 6.03. The Morgan fingerprint density at radius 1 is 0.885 bits per heavy atom. The van der Waals surface area contributed by atoms with Crippen LogP contribution in [0.3, 0.4) is 0 Å². The Morgan fingerprint density at radius 3 is 2.04 bits per heavy atom. The summed E-state index contributed by atoms with van der Waals surface area (Å²) in [6, 6.07) is 23.0. The van der Waals surface area contributed by atoms with Crippen molar-refractivity contribution in [3.05, 3.63) is 111 Å². The zero-order valence-electron chi connectivity index (χ0n) is 14.3. The van der Waals surface area contributed by atoms with Crippen LogP contribution in [0.2, 0.25) is 0 Å². The highest BCUT2D eigenvalue weighted by molar-refractivity contribution is 5.94. The topological polar surface area (TPSA) is 72.2 Å². The van der Waals surface area contributed by atoms with Gasteiger partial charge in [-0.2, -0.15) is 0 Å². The number of carbonyl (C=O) groups is 1. The van der Waals surface area contributed by atoms with Crippen molar-refractivity contribution in [3.8, 4) is 0 Å². The lowest BCUT2D eigenvalue weighted by molar-refractivity contribution is -0.384. The van der Waals surface area contributed by atoms with Gasteiger partial charge >= 0.3 is 0 Å². The number of nitrogens with zero attached hydrogens (tertiary/aromatic N) is 1. The number of nitrogens with one attached hydrogen (secondary N) is 1. The fraction of sp³-hybridized carbons (Fsp3) is 0.0952. The molecule has 3 rings (SSSR count). The first-order chi connectivity index (χ1) is 12.5. The van der Waals surface area contributed by atoms with Crippen molar-refractivity contribution < 1.29 is 9.72 Å². The average Bonchev–Trinajstić information content (AvgIpc) is 2.67. The number of non-ortho nitro benzene ring substituents is 1. The molecule has 0 aliphatic rings. The Kier molecular flexibility index (Phi) is 5.08. The Hall–Kier alpha value is -3.47. The van der Waals surface area contributed by atoms with Crippen molar-refractivity contribution in [1.82, 2.24) is 5.32 Å². The molecule has 0 saturated heterocycles. The summed E-state index contributed by atoms with van der Waals surface area (Å²) in [6.07, 6.45) is 0. The molecule has 130 valence electrons. The molecule has 5 heteroatoms. The van der Waals surface area contributed by atoms with Crippen molar-refractivity contribution in [1.29, 1.82) is 0 Å². The standard InChI is InChI=1S/C21H18N2O3/c1-15-7-9-17(10-8-15)20(16-5-3-2-4-6-16)22-21(24)18-11-13-19(14-12-18)23(25)26/h2-14,20H,1H3,(H,22,24)/t20-/m1/s1. The number of carbonyl (C=O) groups excluding carboxylic acids is 1. The Bertz CT molecular complexity index is 904. The van der Waals surface area contributed by atoms with E-state index in [1.807, 2.05) is 61.5 Å². The van der Waals surface area contributed by atoms with Gasteiger partial charge in [0.1, 0.15) is 0 Å². The lowest BCUT2D eigenvalue weighted by Gasteiger charge is -2.20. The highest BCUT2D eigenvalue weighted by Gasteiger charge is 2.18. The minimum Gasteiger partial charge on any atom is -0.341 e. The first kappa shape index (κ1) is 17.4. The lowest BCUT2D eigenvalue weighted by atomic mass is 9.97. The number of benzene rings is 3. The Morgan fingerprint density at radius 2 is 1.46 bits per heavy atom. The molecule has 0 saturated carbocycles. The van der Waals surface area contributed by atoms with Crippen molar-refractivity contribution in [2.45, 2.75) is 13.0 Å². The van der Waals surface area contributed by atoms with Gasteiger partial charge in [-0.15, -0.1) is 0 Å². The molecule has 0 aromatic heterocycles. The van der Waals surface area contributed by atoms with Gasteiger partial charge in [-0.3, -0.25) is 14.9 Å². The van der Waals surface area contributed by atoms with Gasteiger partial charge in [0.05, 0.1) is 11.0 Å². The van der Waals surface area contributed by atoms with Gasteiger partial charge in [-0.05, 0) is 30.2 Å². The van der Waals surface area contributed by atoms with Crippen LogP contribution in [0, 0.1) is 17.0 Å². The van der Waals surface area contributed by atoms with Crippen LogP contribution in [0.4, 0.5) is 5.69 Å². The van der Waals surface area contributed by atoms with Gasteiger partial charge in [0, 0.05) is 17.7 Å². The summed E-state index contributed by atoms with van der Waals surface area (Å²) in [5, 5.41) is 13.8. The van der Waals surface area contributed by atoms with Crippen LogP contribution < -0.4 is 5.32 Å². The predicted molar refractivity (Wildman–Crippen MR) is 100 cm³/mol. The summed E-state index contributed by atoms with van der Waals surface area (Å²) in [5.41, 5.74) is 3.41. The third-order valence-corrected chi connectivity index (χ3v) is 4.16. The monoisotopic (exact) mass is 346 g/mol. The number of amides is 1. The highest BCUT2D eigenvalue weighted by atomic mass is 16.6. The average molecular weight is 346 g/mol. The largest absolute Gasteiger partial charge is 0.341 e. The van der Waals surface area contributed by atoms with Crippen molar-refractivity contribution in [2.75, 3.05) is 0 Å². The molecule has 3 aromatic rings. The van der Waals surface area contributed by atoms with E-state index in [0.717, 1.165) is 16.7 Å². The molecule has 0 spiro atoms. The number of hydrogen-bond donors (Lipinski definition) is 1. The number of nitro groups is 1. The van der Waals surface area contributed by atoms with Crippen molar-refractivity contribution >= 4 is 11.6 Å². The maximum Gasteiger partial charge on any atom is 0.269 e. The molecule has 1 atom stereocenters. The minimum atomic E-state index is -0.485. The van der Waals surface area contributed by atoms with Crippen LogP contribution >= 0.6 is 0 Å². The molecule has 0 bridgehead atoms. The molecule has 5 nitrogen and oxygen atoms in total. The van der Waals surface area contributed by atoms with E-state index >= 15 is 0 Å². The van der Waals surface area contributed by atoms with Gasteiger partial charge in [0.25, 0.3) is 11.6 Å². The van der Waals surface area contributed by atoms with Gasteiger partial charge in [-0.1, -0.05) is 60.2 Å². The van der Waals surface area contributed by atoms with Crippen LogP contribution in [-0.4, -0.2) is 10.8 Å². The molecular weight excluding hydrogens is 328 g/mol. The van der Waals surface area contributed by atoms with Crippen molar-refractivity contribution in [2.24, 2.45) is 0 Å². The lowest BCUT2D eigenvalue weighted by Crippen LogP contribution is -2.29. The molecular formula is C21H18N2O3. The molecule has 0 aliphatic carbocycles. The second-order valence-electron chi connectivity index (χ2n) is 6.03. The van der Waals surface area contributed by atoms with Gasteiger partial charge in [-0.25, -0.2) is 0 Å². The molecule has 0 heterocycles. The van der Waals surface area contributed by atoms with E-state index in [-0.39, 0.29) is 17.6 Å². The first-order valence-corrected chi connectivity index (χ1v) is 8.21. The fourth-order valence-corrected chi connectivity index (χ4v) is 2.71. The summed E-state index contributed by atoms with van der Waals surface area (Å²) >= 11 is 0. The maximum atomic E-state index is 12.7. The second kappa shape index (κ2) is 7.61. The van der Waals surface area contributed by atoms with Crippen LogP contribution in [-0.2, 0) is 0 Å². The van der Waals surface area contributed by atoms with E-state index in [1.54, 1.807) is 0 Å². The van der Waals surface area contributed by atoms with E-state index in [2.05, 4.69) is 5.32 Å². The maximum absolute atomic E-state index is 12.7. The van der Waals surface area contributed by atoms with E-state index in [4.69, 9.17) is 0 Å². The Balaban J connectivity index is 1.89. The third kappa shape index (κ3) is 3.95. The van der Waals surface area contributed by atoms with E-state index < -0.39 is 4.92 Å². The van der Waals surface area contributed by atoms with Crippen LogP contribution in [0.15, 0.2) is 78.9 Å². The molecule has 0 aliphatic heterocycles. The number of nitro benzene ring substituents is 1. The molecule has 3 aromatic carbocycles. The summed E-state index contributed by atoms with van der Waals surface area (Å²) in [4.78, 5) is 22.9. The minimum absolute atomic E-state index is 0.0420. The summed E-state index contributed by atoms with van der Waals surface area (Å²) in [5.74, 6) is -0.283. The zero-order chi connectivity index (χ0) is 18.5. The van der Waals surface area contributed by atoms with Crippen LogP contribution in [0.25, 0.3) is 0 Å². The molecule has 0 radical (unpaired) electrons.